The van der Waals surface area contributed by atoms with Crippen molar-refractivity contribution >= 4 is 33.4 Å². The predicted octanol–water partition coefficient (Wildman–Crippen LogP) is 2.57. The lowest BCUT2D eigenvalue weighted by molar-refractivity contribution is -0.151. The van der Waals surface area contributed by atoms with Gasteiger partial charge in [0.2, 0.25) is 0 Å². The van der Waals surface area contributed by atoms with Crippen LogP contribution in [0.1, 0.15) is 16.9 Å². The summed E-state index contributed by atoms with van der Waals surface area (Å²) in [5, 5.41) is 20.2. The van der Waals surface area contributed by atoms with Crippen molar-refractivity contribution in [3.8, 4) is 0 Å². The van der Waals surface area contributed by atoms with Crippen molar-refractivity contribution in [3.05, 3.63) is 34.7 Å². The van der Waals surface area contributed by atoms with Crippen molar-refractivity contribution in [3.63, 3.8) is 0 Å². The second-order valence-electron chi connectivity index (χ2n) is 6.73. The van der Waals surface area contributed by atoms with Gasteiger partial charge < -0.3 is 10.2 Å². The third-order valence-electron chi connectivity index (χ3n) is 5.48. The molecule has 4 rings (SSSR count). The minimum atomic E-state index is -1.10. The lowest BCUT2D eigenvalue weighted by atomic mass is 9.97. The monoisotopic (exact) mass is 331 g/mol. The van der Waals surface area contributed by atoms with Gasteiger partial charge in [0.1, 0.15) is 0 Å². The number of nitrogens with zero attached hydrogens (tertiary/aromatic N) is 1. The zero-order valence-electron chi connectivity index (χ0n) is 12.7. The van der Waals surface area contributed by atoms with Crippen molar-refractivity contribution in [1.82, 2.24) is 4.90 Å². The molecule has 1 aliphatic carbocycles. The molecule has 2 fully saturated rings. The molecule has 2 atom stereocenters. The standard InChI is InChI=1S/C17H17NO4S/c1-10-12(11-4-2-3-5-13(11)23-10)6-18-8-16(14(19)20)7-17(16,9-18)15(21)22/h2-5H,6-9H2,1H3,(H,19,20)(H,21,22)/t16-,17+. The molecule has 23 heavy (non-hydrogen) atoms. The van der Waals surface area contributed by atoms with Gasteiger partial charge in [-0.1, -0.05) is 18.2 Å². The van der Waals surface area contributed by atoms with E-state index >= 15 is 0 Å². The van der Waals surface area contributed by atoms with Crippen LogP contribution in [-0.4, -0.2) is 40.1 Å². The van der Waals surface area contributed by atoms with Crippen LogP contribution < -0.4 is 0 Å². The van der Waals surface area contributed by atoms with Crippen LogP contribution in [0.15, 0.2) is 24.3 Å². The Morgan fingerprint density at radius 1 is 1.17 bits per heavy atom. The molecule has 5 nitrogen and oxygen atoms in total. The van der Waals surface area contributed by atoms with Gasteiger partial charge in [0.05, 0.1) is 10.8 Å². The zero-order valence-corrected chi connectivity index (χ0v) is 13.5. The number of carbonyl (C=O) groups is 2. The van der Waals surface area contributed by atoms with E-state index in [-0.39, 0.29) is 6.42 Å². The molecule has 1 aromatic carbocycles. The Balaban J connectivity index is 1.65. The quantitative estimate of drug-likeness (QED) is 0.900. The lowest BCUT2D eigenvalue weighted by Gasteiger charge is -2.19. The summed E-state index contributed by atoms with van der Waals surface area (Å²) >= 11 is 1.73. The van der Waals surface area contributed by atoms with Crippen molar-refractivity contribution in [2.24, 2.45) is 10.8 Å². The van der Waals surface area contributed by atoms with E-state index in [0.717, 1.165) is 0 Å². The van der Waals surface area contributed by atoms with E-state index in [0.29, 0.717) is 19.6 Å². The van der Waals surface area contributed by atoms with Gasteiger partial charge in [-0.05, 0) is 30.4 Å². The molecule has 6 heteroatoms. The Labute approximate surface area is 137 Å². The lowest BCUT2D eigenvalue weighted by Crippen LogP contribution is -2.28. The van der Waals surface area contributed by atoms with E-state index in [4.69, 9.17) is 0 Å². The average Bonchev–Trinajstić information content (AvgIpc) is 2.89. The molecule has 0 bridgehead atoms. The fourth-order valence-corrected chi connectivity index (χ4v) is 5.23. The molecule has 120 valence electrons. The minimum Gasteiger partial charge on any atom is -0.481 e. The number of benzene rings is 1. The van der Waals surface area contributed by atoms with E-state index in [1.165, 1.54) is 20.5 Å². The summed E-state index contributed by atoms with van der Waals surface area (Å²) in [6.07, 6.45) is 0.254. The molecule has 2 aliphatic rings. The second kappa shape index (κ2) is 4.55. The first kappa shape index (κ1) is 14.7. The van der Waals surface area contributed by atoms with Crippen molar-refractivity contribution in [2.45, 2.75) is 19.9 Å². The number of carboxylic acid groups (broad SMARTS) is 2. The molecular formula is C17H17NO4S. The van der Waals surface area contributed by atoms with E-state index in [9.17, 15) is 19.8 Å². The molecule has 1 saturated carbocycles. The highest BCUT2D eigenvalue weighted by Crippen LogP contribution is 2.68. The largest absolute Gasteiger partial charge is 0.481 e. The smallest absolute Gasteiger partial charge is 0.312 e. The fraction of sp³-hybridized carbons (Fsp3) is 0.412. The topological polar surface area (TPSA) is 77.8 Å². The average molecular weight is 331 g/mol. The van der Waals surface area contributed by atoms with Gasteiger partial charge in [-0.25, -0.2) is 0 Å². The molecule has 0 unspecified atom stereocenters. The van der Waals surface area contributed by atoms with Gasteiger partial charge in [0, 0.05) is 29.2 Å². The number of aryl methyl sites for hydroxylation is 1. The van der Waals surface area contributed by atoms with Crippen molar-refractivity contribution in [1.29, 1.82) is 0 Å². The summed E-state index contributed by atoms with van der Waals surface area (Å²) in [5.74, 6) is -1.96. The predicted molar refractivity (Wildman–Crippen MR) is 86.6 cm³/mol. The summed E-state index contributed by atoms with van der Waals surface area (Å²) in [6, 6.07) is 8.16. The van der Waals surface area contributed by atoms with E-state index in [1.54, 1.807) is 11.3 Å². The van der Waals surface area contributed by atoms with Crippen molar-refractivity contribution in [2.75, 3.05) is 13.1 Å². The number of hydrogen-bond acceptors (Lipinski definition) is 4. The highest BCUT2D eigenvalue weighted by molar-refractivity contribution is 7.19. The van der Waals surface area contributed by atoms with Crippen LogP contribution in [-0.2, 0) is 16.1 Å². The number of likely N-dealkylation sites (tertiary alicyclic amines) is 1. The number of aliphatic carboxylic acids is 2. The molecule has 0 spiro atoms. The van der Waals surface area contributed by atoms with Crippen LogP contribution >= 0.6 is 11.3 Å². The summed E-state index contributed by atoms with van der Waals surface area (Å²) in [6.45, 7) is 3.31. The molecule has 0 radical (unpaired) electrons. The SMILES string of the molecule is Cc1sc2ccccc2c1CN1C[C@@]2(C(=O)O)C[C@@]2(C(=O)O)C1. The molecule has 1 saturated heterocycles. The minimum absolute atomic E-state index is 0.254. The number of carboxylic acids is 2. The summed E-state index contributed by atoms with van der Waals surface area (Å²) < 4.78 is 1.21. The van der Waals surface area contributed by atoms with Gasteiger partial charge in [-0.15, -0.1) is 11.3 Å². The van der Waals surface area contributed by atoms with Crippen LogP contribution in [0.5, 0.6) is 0 Å². The maximum atomic E-state index is 11.6. The molecule has 1 aromatic heterocycles. The highest BCUT2D eigenvalue weighted by atomic mass is 32.1. The Kier molecular flexibility index (Phi) is 2.90. The van der Waals surface area contributed by atoms with Crippen LogP contribution in [0.3, 0.4) is 0 Å². The number of fused-ring (bicyclic) bond motifs is 2. The molecule has 0 amide bonds. The maximum absolute atomic E-state index is 11.6. The van der Waals surface area contributed by atoms with Crippen LogP contribution in [0.4, 0.5) is 0 Å². The number of piperidine rings is 1. The first-order chi connectivity index (χ1) is 10.9. The summed E-state index contributed by atoms with van der Waals surface area (Å²) in [7, 11) is 0. The highest BCUT2D eigenvalue weighted by Gasteiger charge is 2.80. The first-order valence-electron chi connectivity index (χ1n) is 7.56. The maximum Gasteiger partial charge on any atom is 0.312 e. The molecule has 1 aliphatic heterocycles. The number of rotatable bonds is 4. The Hall–Kier alpha value is -1.92. The molecule has 2 aromatic rings. The second-order valence-corrected chi connectivity index (χ2v) is 7.99. The van der Waals surface area contributed by atoms with Gasteiger partial charge >= 0.3 is 11.9 Å². The van der Waals surface area contributed by atoms with Gasteiger partial charge in [0.15, 0.2) is 0 Å². The third kappa shape index (κ3) is 1.82. The van der Waals surface area contributed by atoms with E-state index in [1.807, 2.05) is 17.0 Å². The Morgan fingerprint density at radius 2 is 1.78 bits per heavy atom. The van der Waals surface area contributed by atoms with Crippen LogP contribution in [0, 0.1) is 17.8 Å². The Morgan fingerprint density at radius 3 is 2.39 bits per heavy atom. The van der Waals surface area contributed by atoms with E-state index in [2.05, 4.69) is 19.1 Å². The molecule has 2 heterocycles. The number of hydrogen-bond donors (Lipinski definition) is 2. The van der Waals surface area contributed by atoms with Gasteiger partial charge in [-0.3, -0.25) is 14.5 Å². The van der Waals surface area contributed by atoms with Gasteiger partial charge in [-0.2, -0.15) is 0 Å². The third-order valence-corrected chi connectivity index (χ3v) is 6.61. The first-order valence-corrected chi connectivity index (χ1v) is 8.37. The normalized spacial score (nSPS) is 29.6. The summed E-state index contributed by atoms with van der Waals surface area (Å²) in [4.78, 5) is 26.4. The number of thiophene rings is 1. The fourth-order valence-electron chi connectivity index (χ4n) is 4.15. The molecule has 2 N–H and O–H groups in total. The van der Waals surface area contributed by atoms with Gasteiger partial charge in [0.25, 0.3) is 0 Å². The van der Waals surface area contributed by atoms with E-state index < -0.39 is 22.8 Å². The summed E-state index contributed by atoms with van der Waals surface area (Å²) in [5.41, 5.74) is -1.01. The zero-order chi connectivity index (χ0) is 16.4. The van der Waals surface area contributed by atoms with Crippen LogP contribution in [0.25, 0.3) is 10.1 Å². The van der Waals surface area contributed by atoms with Crippen molar-refractivity contribution < 1.29 is 19.8 Å². The Bertz CT molecular complexity index is 816. The van der Waals surface area contributed by atoms with Crippen LogP contribution in [0.2, 0.25) is 0 Å². The molecular weight excluding hydrogens is 314 g/mol.